The fourth-order valence-electron chi connectivity index (χ4n) is 2.82. The quantitative estimate of drug-likeness (QED) is 0.770. The second kappa shape index (κ2) is 7.29. The fraction of sp³-hybridized carbons (Fsp3) is 0.562. The van der Waals surface area contributed by atoms with Gasteiger partial charge in [-0.15, -0.1) is 0 Å². The highest BCUT2D eigenvalue weighted by Gasteiger charge is 2.19. The highest BCUT2D eigenvalue weighted by atomic mass is 16.1. The zero-order valence-electron chi connectivity index (χ0n) is 11.7. The molecule has 0 heterocycles. The molecule has 1 aliphatic rings. The third-order valence-corrected chi connectivity index (χ3v) is 3.87. The van der Waals surface area contributed by atoms with Crippen LogP contribution >= 0.6 is 0 Å². The molecule has 0 saturated heterocycles. The zero-order valence-corrected chi connectivity index (χ0v) is 11.7. The van der Waals surface area contributed by atoms with Crippen molar-refractivity contribution in [3.8, 4) is 0 Å². The van der Waals surface area contributed by atoms with Crippen molar-refractivity contribution < 1.29 is 4.79 Å². The lowest BCUT2D eigenvalue weighted by Gasteiger charge is -2.25. The summed E-state index contributed by atoms with van der Waals surface area (Å²) in [5.41, 5.74) is 2.90. The van der Waals surface area contributed by atoms with Crippen LogP contribution in [-0.2, 0) is 11.2 Å². The number of fused-ring (bicyclic) bond motifs is 1. The molecule has 2 N–H and O–H groups in total. The molecule has 0 spiro atoms. The monoisotopic (exact) mass is 260 g/mol. The maximum atomic E-state index is 11.7. The summed E-state index contributed by atoms with van der Waals surface area (Å²) in [4.78, 5) is 11.7. The molecule has 1 aliphatic carbocycles. The first-order valence-corrected chi connectivity index (χ1v) is 7.30. The van der Waals surface area contributed by atoms with Crippen molar-refractivity contribution in [1.82, 2.24) is 10.6 Å². The molecule has 0 fully saturated rings. The van der Waals surface area contributed by atoms with Crippen molar-refractivity contribution in [2.24, 2.45) is 0 Å². The van der Waals surface area contributed by atoms with Crippen LogP contribution in [0.25, 0.3) is 0 Å². The molecule has 3 heteroatoms. The molecular weight excluding hydrogens is 236 g/mol. The summed E-state index contributed by atoms with van der Waals surface area (Å²) in [5, 5.41) is 6.15. The van der Waals surface area contributed by atoms with Crippen molar-refractivity contribution in [2.75, 3.05) is 20.1 Å². The van der Waals surface area contributed by atoms with Crippen molar-refractivity contribution in [2.45, 2.75) is 38.0 Å². The van der Waals surface area contributed by atoms with Crippen molar-refractivity contribution in [1.29, 1.82) is 0 Å². The number of nitrogens with one attached hydrogen (secondary N) is 2. The molecular formula is C16H24N2O. The average Bonchev–Trinajstić information content (AvgIpc) is 2.45. The Balaban J connectivity index is 1.82. The maximum absolute atomic E-state index is 11.7. The largest absolute Gasteiger partial charge is 0.355 e. The van der Waals surface area contributed by atoms with Crippen LogP contribution < -0.4 is 10.6 Å². The number of hydrogen-bond acceptors (Lipinski definition) is 2. The lowest BCUT2D eigenvalue weighted by Crippen LogP contribution is -2.30. The number of amides is 1. The van der Waals surface area contributed by atoms with E-state index in [0.717, 1.165) is 19.5 Å². The maximum Gasteiger partial charge on any atom is 0.220 e. The summed E-state index contributed by atoms with van der Waals surface area (Å²) in [6.07, 6.45) is 5.13. The number of carbonyl (C=O) groups excluding carboxylic acids is 1. The smallest absolute Gasteiger partial charge is 0.220 e. The van der Waals surface area contributed by atoms with Gasteiger partial charge in [-0.1, -0.05) is 24.3 Å². The minimum Gasteiger partial charge on any atom is -0.355 e. The summed E-state index contributed by atoms with van der Waals surface area (Å²) in [7, 11) is 1.91. The second-order valence-corrected chi connectivity index (χ2v) is 5.30. The summed E-state index contributed by atoms with van der Waals surface area (Å²) in [6.45, 7) is 1.69. The van der Waals surface area contributed by atoms with Crippen LogP contribution in [0.1, 0.15) is 42.7 Å². The Morgan fingerprint density at radius 3 is 3.05 bits per heavy atom. The van der Waals surface area contributed by atoms with Crippen LogP contribution in [-0.4, -0.2) is 26.0 Å². The van der Waals surface area contributed by atoms with Crippen LogP contribution in [0.4, 0.5) is 0 Å². The molecule has 0 saturated carbocycles. The molecule has 0 aliphatic heterocycles. The highest BCUT2D eigenvalue weighted by molar-refractivity contribution is 5.75. The molecule has 104 valence electrons. The van der Waals surface area contributed by atoms with Gasteiger partial charge >= 0.3 is 0 Å². The molecule has 3 nitrogen and oxygen atoms in total. The Hall–Kier alpha value is -1.35. The molecule has 0 radical (unpaired) electrons. The lowest BCUT2D eigenvalue weighted by atomic mass is 9.83. The van der Waals surface area contributed by atoms with E-state index in [1.165, 1.54) is 30.4 Å². The van der Waals surface area contributed by atoms with Gasteiger partial charge in [0.2, 0.25) is 5.91 Å². The Labute approximate surface area is 115 Å². The van der Waals surface area contributed by atoms with Crippen molar-refractivity contribution >= 4 is 5.91 Å². The van der Waals surface area contributed by atoms with Crippen LogP contribution in [0.5, 0.6) is 0 Å². The van der Waals surface area contributed by atoms with Crippen LogP contribution in [0.3, 0.4) is 0 Å². The van der Waals surface area contributed by atoms with Gasteiger partial charge in [0, 0.05) is 18.9 Å². The van der Waals surface area contributed by atoms with Gasteiger partial charge in [-0.05, 0) is 50.4 Å². The standard InChI is InChI=1S/C16H24N2O/c1-17-11-5-10-16(19)18-12-14-8-4-7-13-6-2-3-9-15(13)14/h2-3,6,9,14,17H,4-5,7-8,10-12H2,1H3,(H,18,19). The Kier molecular flexibility index (Phi) is 5.40. The molecule has 0 bridgehead atoms. The second-order valence-electron chi connectivity index (χ2n) is 5.30. The van der Waals surface area contributed by atoms with Crippen LogP contribution in [0.2, 0.25) is 0 Å². The van der Waals surface area contributed by atoms with Gasteiger partial charge < -0.3 is 10.6 Å². The molecule has 2 rings (SSSR count). The Morgan fingerprint density at radius 1 is 1.37 bits per heavy atom. The minimum absolute atomic E-state index is 0.179. The fourth-order valence-corrected chi connectivity index (χ4v) is 2.82. The van der Waals surface area contributed by atoms with E-state index in [-0.39, 0.29) is 5.91 Å². The van der Waals surface area contributed by atoms with E-state index in [4.69, 9.17) is 0 Å². The van der Waals surface area contributed by atoms with Gasteiger partial charge in [-0.3, -0.25) is 4.79 Å². The van der Waals surface area contributed by atoms with E-state index >= 15 is 0 Å². The number of aryl methyl sites for hydroxylation is 1. The number of rotatable bonds is 6. The molecule has 1 unspecified atom stereocenters. The predicted molar refractivity (Wildman–Crippen MR) is 78.3 cm³/mol. The van der Waals surface area contributed by atoms with Gasteiger partial charge in [0.15, 0.2) is 0 Å². The predicted octanol–water partition coefficient (Wildman–Crippen LogP) is 2.22. The molecule has 1 aromatic carbocycles. The molecule has 1 atom stereocenters. The van der Waals surface area contributed by atoms with Crippen molar-refractivity contribution in [3.63, 3.8) is 0 Å². The first-order valence-electron chi connectivity index (χ1n) is 7.30. The topological polar surface area (TPSA) is 41.1 Å². The third-order valence-electron chi connectivity index (χ3n) is 3.87. The van der Waals surface area contributed by atoms with E-state index in [9.17, 15) is 4.79 Å². The molecule has 1 aromatic rings. The van der Waals surface area contributed by atoms with E-state index in [2.05, 4.69) is 34.9 Å². The third kappa shape index (κ3) is 4.06. The summed E-state index contributed by atoms with van der Waals surface area (Å²) < 4.78 is 0. The minimum atomic E-state index is 0.179. The first kappa shape index (κ1) is 14.1. The highest BCUT2D eigenvalue weighted by Crippen LogP contribution is 2.30. The average molecular weight is 260 g/mol. The van der Waals surface area contributed by atoms with Crippen LogP contribution in [0, 0.1) is 0 Å². The molecule has 1 amide bonds. The molecule has 19 heavy (non-hydrogen) atoms. The zero-order chi connectivity index (χ0) is 13.5. The van der Waals surface area contributed by atoms with Gasteiger partial charge in [0.05, 0.1) is 0 Å². The van der Waals surface area contributed by atoms with Gasteiger partial charge in [0.25, 0.3) is 0 Å². The van der Waals surface area contributed by atoms with E-state index < -0.39 is 0 Å². The Bertz CT molecular complexity index is 417. The Morgan fingerprint density at radius 2 is 2.21 bits per heavy atom. The SMILES string of the molecule is CNCCCC(=O)NCC1CCCc2ccccc21. The van der Waals surface area contributed by atoms with E-state index in [1.54, 1.807) is 0 Å². The number of hydrogen-bond donors (Lipinski definition) is 2. The van der Waals surface area contributed by atoms with Gasteiger partial charge in [-0.25, -0.2) is 0 Å². The molecule has 0 aromatic heterocycles. The normalized spacial score (nSPS) is 17.8. The van der Waals surface area contributed by atoms with Crippen molar-refractivity contribution in [3.05, 3.63) is 35.4 Å². The summed E-state index contributed by atoms with van der Waals surface area (Å²) in [6, 6.07) is 8.64. The van der Waals surface area contributed by atoms with E-state index in [0.29, 0.717) is 12.3 Å². The number of carbonyl (C=O) groups is 1. The van der Waals surface area contributed by atoms with E-state index in [1.807, 2.05) is 7.05 Å². The van der Waals surface area contributed by atoms with Gasteiger partial charge in [-0.2, -0.15) is 0 Å². The lowest BCUT2D eigenvalue weighted by molar-refractivity contribution is -0.121. The summed E-state index contributed by atoms with van der Waals surface area (Å²) in [5.74, 6) is 0.677. The van der Waals surface area contributed by atoms with Crippen LogP contribution in [0.15, 0.2) is 24.3 Å². The summed E-state index contributed by atoms with van der Waals surface area (Å²) >= 11 is 0. The number of benzene rings is 1. The first-order chi connectivity index (χ1) is 9.31. The van der Waals surface area contributed by atoms with Gasteiger partial charge in [0.1, 0.15) is 0 Å².